The van der Waals surface area contributed by atoms with Crippen LogP contribution in [-0.4, -0.2) is 42.5 Å². The van der Waals surface area contributed by atoms with Crippen molar-refractivity contribution in [2.24, 2.45) is 0 Å². The van der Waals surface area contributed by atoms with Crippen molar-refractivity contribution in [1.29, 1.82) is 0 Å². The zero-order valence-corrected chi connectivity index (χ0v) is 12.2. The largest absolute Gasteiger partial charge is 0.494 e. The summed E-state index contributed by atoms with van der Waals surface area (Å²) in [5.74, 6) is 0.797. The van der Waals surface area contributed by atoms with Crippen LogP contribution in [0.2, 0.25) is 0 Å². The molecule has 1 unspecified atom stereocenters. The second-order valence-electron chi connectivity index (χ2n) is 5.45. The normalized spacial score (nSPS) is 22.2. The Hall–Kier alpha value is -2.04. The Kier molecular flexibility index (Phi) is 3.82. The van der Waals surface area contributed by atoms with Crippen molar-refractivity contribution < 1.29 is 14.3 Å². The highest BCUT2D eigenvalue weighted by Crippen LogP contribution is 2.28. The van der Waals surface area contributed by atoms with Gasteiger partial charge in [-0.1, -0.05) is 6.07 Å². The molecule has 3 rings (SSSR count). The minimum absolute atomic E-state index is 0.0305. The van der Waals surface area contributed by atoms with Crippen LogP contribution < -0.4 is 9.64 Å². The van der Waals surface area contributed by atoms with Crippen molar-refractivity contribution in [2.45, 2.75) is 32.2 Å². The summed E-state index contributed by atoms with van der Waals surface area (Å²) >= 11 is 0. The number of piperidine rings is 1. The van der Waals surface area contributed by atoms with E-state index in [0.29, 0.717) is 13.2 Å². The molecule has 0 aliphatic carbocycles. The number of benzene rings is 1. The van der Waals surface area contributed by atoms with Gasteiger partial charge >= 0.3 is 0 Å². The van der Waals surface area contributed by atoms with Gasteiger partial charge in [0.1, 0.15) is 18.3 Å². The first-order valence-corrected chi connectivity index (χ1v) is 7.54. The van der Waals surface area contributed by atoms with E-state index in [0.717, 1.165) is 30.7 Å². The number of amides is 2. The van der Waals surface area contributed by atoms with Gasteiger partial charge in [0, 0.05) is 18.3 Å². The maximum atomic E-state index is 12.7. The van der Waals surface area contributed by atoms with E-state index >= 15 is 0 Å². The molecule has 1 atom stereocenters. The molecule has 0 saturated carbocycles. The van der Waals surface area contributed by atoms with Crippen LogP contribution in [0.4, 0.5) is 5.69 Å². The lowest BCUT2D eigenvalue weighted by Gasteiger charge is -2.42. The first kappa shape index (κ1) is 13.9. The van der Waals surface area contributed by atoms with E-state index in [-0.39, 0.29) is 24.4 Å². The molecule has 2 heterocycles. The van der Waals surface area contributed by atoms with E-state index in [1.54, 1.807) is 9.80 Å². The number of anilines is 1. The monoisotopic (exact) mass is 288 g/mol. The third-order valence-corrected chi connectivity index (χ3v) is 4.11. The number of rotatable bonds is 3. The Morgan fingerprint density at radius 3 is 2.95 bits per heavy atom. The highest BCUT2D eigenvalue weighted by atomic mass is 16.5. The van der Waals surface area contributed by atoms with Crippen LogP contribution >= 0.6 is 0 Å². The molecular weight excluding hydrogens is 268 g/mol. The highest BCUT2D eigenvalue weighted by Gasteiger charge is 2.40. The molecule has 1 aromatic rings. The smallest absolute Gasteiger partial charge is 0.250 e. The third kappa shape index (κ3) is 2.60. The predicted octanol–water partition coefficient (Wildman–Crippen LogP) is 1.81. The molecule has 21 heavy (non-hydrogen) atoms. The average molecular weight is 288 g/mol. The molecule has 0 radical (unpaired) electrons. The fraction of sp³-hybridized carbons (Fsp3) is 0.500. The van der Waals surface area contributed by atoms with E-state index in [1.165, 1.54) is 0 Å². The van der Waals surface area contributed by atoms with Gasteiger partial charge in [-0.25, -0.2) is 0 Å². The van der Waals surface area contributed by atoms with E-state index in [4.69, 9.17) is 4.74 Å². The minimum Gasteiger partial charge on any atom is -0.494 e. The molecule has 5 nitrogen and oxygen atoms in total. The fourth-order valence-electron chi connectivity index (χ4n) is 3.10. The second-order valence-corrected chi connectivity index (χ2v) is 5.45. The molecule has 2 fully saturated rings. The molecule has 1 aromatic carbocycles. The molecule has 2 saturated heterocycles. The lowest BCUT2D eigenvalue weighted by Crippen LogP contribution is -2.61. The van der Waals surface area contributed by atoms with Crippen LogP contribution in [0.25, 0.3) is 0 Å². The number of carbonyl (C=O) groups is 2. The SMILES string of the molecule is CCOc1cccc(N2CC(=O)N3CCCCC3C2=O)c1. The van der Waals surface area contributed by atoms with Crippen LogP contribution in [0.5, 0.6) is 5.75 Å². The van der Waals surface area contributed by atoms with Gasteiger partial charge in [0.05, 0.1) is 6.61 Å². The van der Waals surface area contributed by atoms with Gasteiger partial charge in [0.15, 0.2) is 0 Å². The van der Waals surface area contributed by atoms with Crippen molar-refractivity contribution in [1.82, 2.24) is 4.90 Å². The summed E-state index contributed by atoms with van der Waals surface area (Å²) in [6, 6.07) is 7.11. The van der Waals surface area contributed by atoms with Gasteiger partial charge in [-0.3, -0.25) is 9.59 Å². The summed E-state index contributed by atoms with van der Waals surface area (Å²) in [6.45, 7) is 3.34. The summed E-state index contributed by atoms with van der Waals surface area (Å²) in [5, 5.41) is 0. The molecule has 0 N–H and O–H groups in total. The van der Waals surface area contributed by atoms with E-state index < -0.39 is 0 Å². The first-order chi connectivity index (χ1) is 10.2. The Morgan fingerprint density at radius 2 is 2.14 bits per heavy atom. The van der Waals surface area contributed by atoms with Gasteiger partial charge in [0.25, 0.3) is 0 Å². The van der Waals surface area contributed by atoms with Crippen molar-refractivity contribution in [3.63, 3.8) is 0 Å². The Labute approximate surface area is 124 Å². The molecule has 2 aliphatic heterocycles. The quantitative estimate of drug-likeness (QED) is 0.852. The zero-order chi connectivity index (χ0) is 14.8. The standard InChI is InChI=1S/C16H20N2O3/c1-2-21-13-7-5-6-12(10-13)18-11-15(19)17-9-4-3-8-14(17)16(18)20/h5-7,10,14H,2-4,8-9,11H2,1H3. The predicted molar refractivity (Wildman–Crippen MR) is 79.3 cm³/mol. The van der Waals surface area contributed by atoms with Gasteiger partial charge in [0.2, 0.25) is 11.8 Å². The molecule has 0 spiro atoms. The summed E-state index contributed by atoms with van der Waals surface area (Å²) in [5.41, 5.74) is 0.740. The number of hydrogen-bond donors (Lipinski definition) is 0. The Morgan fingerprint density at radius 1 is 1.29 bits per heavy atom. The van der Waals surface area contributed by atoms with Crippen LogP contribution in [-0.2, 0) is 9.59 Å². The third-order valence-electron chi connectivity index (χ3n) is 4.11. The first-order valence-electron chi connectivity index (χ1n) is 7.54. The summed E-state index contributed by atoms with van der Waals surface area (Å²) in [4.78, 5) is 28.3. The van der Waals surface area contributed by atoms with Crippen LogP contribution in [0.15, 0.2) is 24.3 Å². The van der Waals surface area contributed by atoms with E-state index in [9.17, 15) is 9.59 Å². The van der Waals surface area contributed by atoms with Gasteiger partial charge in [-0.2, -0.15) is 0 Å². The molecule has 0 bridgehead atoms. The van der Waals surface area contributed by atoms with Crippen LogP contribution in [0, 0.1) is 0 Å². The van der Waals surface area contributed by atoms with Crippen molar-refractivity contribution in [2.75, 3.05) is 24.6 Å². The van der Waals surface area contributed by atoms with Gasteiger partial charge < -0.3 is 14.5 Å². The number of piperazine rings is 1. The van der Waals surface area contributed by atoms with Crippen molar-refractivity contribution in [3.05, 3.63) is 24.3 Å². The topological polar surface area (TPSA) is 49.9 Å². The van der Waals surface area contributed by atoms with Crippen molar-refractivity contribution in [3.8, 4) is 5.75 Å². The van der Waals surface area contributed by atoms with Crippen molar-refractivity contribution >= 4 is 17.5 Å². The van der Waals surface area contributed by atoms with Gasteiger partial charge in [-0.05, 0) is 38.3 Å². The summed E-state index contributed by atoms with van der Waals surface area (Å²) in [7, 11) is 0. The van der Waals surface area contributed by atoms with E-state index in [1.807, 2.05) is 31.2 Å². The zero-order valence-electron chi connectivity index (χ0n) is 12.2. The maximum absolute atomic E-state index is 12.7. The summed E-state index contributed by atoms with van der Waals surface area (Å²) < 4.78 is 5.47. The Bertz CT molecular complexity index is 558. The number of carbonyl (C=O) groups excluding carboxylic acids is 2. The molecule has 2 aliphatic rings. The lowest BCUT2D eigenvalue weighted by atomic mass is 9.98. The van der Waals surface area contributed by atoms with Crippen LogP contribution in [0.1, 0.15) is 26.2 Å². The lowest BCUT2D eigenvalue weighted by molar-refractivity contribution is -0.144. The number of nitrogens with zero attached hydrogens (tertiary/aromatic N) is 2. The van der Waals surface area contributed by atoms with Crippen LogP contribution in [0.3, 0.4) is 0 Å². The number of hydrogen-bond acceptors (Lipinski definition) is 3. The van der Waals surface area contributed by atoms with Gasteiger partial charge in [-0.15, -0.1) is 0 Å². The second kappa shape index (κ2) is 5.76. The maximum Gasteiger partial charge on any atom is 0.250 e. The molecule has 112 valence electrons. The van der Waals surface area contributed by atoms with E-state index in [2.05, 4.69) is 0 Å². The fourth-order valence-corrected chi connectivity index (χ4v) is 3.10. The average Bonchev–Trinajstić information content (AvgIpc) is 2.51. The number of ether oxygens (including phenoxy) is 1. The highest BCUT2D eigenvalue weighted by molar-refractivity contribution is 6.06. The molecule has 2 amide bonds. The molecular formula is C16H20N2O3. The molecule has 0 aromatic heterocycles. The summed E-state index contributed by atoms with van der Waals surface area (Å²) in [6.07, 6.45) is 2.77. The Balaban J connectivity index is 1.86. The number of fused-ring (bicyclic) bond motifs is 1. The minimum atomic E-state index is -0.282. The molecule has 5 heteroatoms.